The van der Waals surface area contributed by atoms with Crippen LogP contribution < -0.4 is 5.32 Å². The highest BCUT2D eigenvalue weighted by Gasteiger charge is 2.22. The summed E-state index contributed by atoms with van der Waals surface area (Å²) in [6.45, 7) is 4.53. The van der Waals surface area contributed by atoms with E-state index in [0.29, 0.717) is 13.0 Å². The lowest BCUT2D eigenvalue weighted by molar-refractivity contribution is -0.146. The Morgan fingerprint density at radius 2 is 1.52 bits per heavy atom. The molecule has 5 heteroatoms. The van der Waals surface area contributed by atoms with Gasteiger partial charge < -0.3 is 14.8 Å². The van der Waals surface area contributed by atoms with Crippen molar-refractivity contribution in [3.05, 3.63) is 0 Å². The fourth-order valence-electron chi connectivity index (χ4n) is 2.46. The zero-order chi connectivity index (χ0) is 18.8. The largest absolute Gasteiger partial charge is 0.464 e. The number of amides is 1. The summed E-state index contributed by atoms with van der Waals surface area (Å²) in [5.41, 5.74) is 0. The summed E-state index contributed by atoms with van der Waals surface area (Å²) < 4.78 is 10.1. The minimum absolute atomic E-state index is 0.111. The summed E-state index contributed by atoms with van der Waals surface area (Å²) in [6, 6.07) is -0.667. The van der Waals surface area contributed by atoms with Gasteiger partial charge in [-0.15, -0.1) is 6.42 Å². The summed E-state index contributed by atoms with van der Waals surface area (Å²) in [5, 5.41) is 2.54. The number of ether oxygens (including phenoxy) is 2. The van der Waals surface area contributed by atoms with Crippen LogP contribution in [0.2, 0.25) is 0 Å². The van der Waals surface area contributed by atoms with Crippen molar-refractivity contribution in [3.8, 4) is 12.3 Å². The predicted molar refractivity (Wildman–Crippen MR) is 100 cm³/mol. The van der Waals surface area contributed by atoms with Gasteiger partial charge in [0.05, 0.1) is 6.61 Å². The highest BCUT2D eigenvalue weighted by molar-refractivity contribution is 5.81. The third-order valence-corrected chi connectivity index (χ3v) is 3.95. The van der Waals surface area contributed by atoms with Crippen molar-refractivity contribution in [3.63, 3.8) is 0 Å². The first kappa shape index (κ1) is 23.3. The van der Waals surface area contributed by atoms with Gasteiger partial charge in [-0.05, 0) is 12.8 Å². The Morgan fingerprint density at radius 3 is 2.12 bits per heavy atom. The van der Waals surface area contributed by atoms with Crippen molar-refractivity contribution in [1.82, 2.24) is 5.32 Å². The quantitative estimate of drug-likeness (QED) is 0.266. The van der Waals surface area contributed by atoms with Gasteiger partial charge in [0.1, 0.15) is 6.04 Å². The molecule has 0 aliphatic heterocycles. The molecule has 0 aliphatic carbocycles. The summed E-state index contributed by atoms with van der Waals surface area (Å²) in [6.07, 6.45) is 16.2. The Hall–Kier alpha value is -1.70. The molecular weight excluding hydrogens is 318 g/mol. The van der Waals surface area contributed by atoms with E-state index >= 15 is 0 Å². The number of nitrogens with one attached hydrogen (secondary N) is 1. The molecule has 5 nitrogen and oxygen atoms in total. The molecule has 144 valence electrons. The van der Waals surface area contributed by atoms with E-state index in [1.54, 1.807) is 0 Å². The number of hydrogen-bond donors (Lipinski definition) is 1. The van der Waals surface area contributed by atoms with E-state index in [4.69, 9.17) is 15.9 Å². The van der Waals surface area contributed by atoms with E-state index in [1.165, 1.54) is 38.5 Å². The maximum absolute atomic E-state index is 12.1. The predicted octanol–water partition coefficient (Wildman–Crippen LogP) is 4.59. The fraction of sp³-hybridized carbons (Fsp3) is 0.800. The van der Waals surface area contributed by atoms with Gasteiger partial charge in [0.2, 0.25) is 0 Å². The van der Waals surface area contributed by atoms with Crippen molar-refractivity contribution in [1.29, 1.82) is 0 Å². The average molecular weight is 354 g/mol. The van der Waals surface area contributed by atoms with Gasteiger partial charge in [0.15, 0.2) is 6.61 Å². The van der Waals surface area contributed by atoms with Gasteiger partial charge in [0.25, 0.3) is 0 Å². The van der Waals surface area contributed by atoms with Crippen LogP contribution >= 0.6 is 0 Å². The number of terminal acetylenes is 1. The molecule has 0 aromatic carbocycles. The Morgan fingerprint density at radius 1 is 0.920 bits per heavy atom. The lowest BCUT2D eigenvalue weighted by Gasteiger charge is -2.17. The minimum atomic E-state index is -0.678. The minimum Gasteiger partial charge on any atom is -0.464 e. The Bertz CT molecular complexity index is 390. The maximum Gasteiger partial charge on any atom is 0.408 e. The van der Waals surface area contributed by atoms with Crippen LogP contribution in [-0.2, 0) is 14.3 Å². The van der Waals surface area contributed by atoms with E-state index in [1.807, 2.05) is 6.92 Å². The van der Waals surface area contributed by atoms with Crippen LogP contribution in [-0.4, -0.2) is 31.3 Å². The molecule has 0 fully saturated rings. The molecule has 1 amide bonds. The number of hydrogen-bond acceptors (Lipinski definition) is 4. The molecule has 0 saturated heterocycles. The summed E-state index contributed by atoms with van der Waals surface area (Å²) >= 11 is 0. The van der Waals surface area contributed by atoms with E-state index in [9.17, 15) is 9.59 Å². The second-order valence-electron chi connectivity index (χ2n) is 6.26. The second-order valence-corrected chi connectivity index (χ2v) is 6.26. The van der Waals surface area contributed by atoms with Gasteiger partial charge in [0, 0.05) is 0 Å². The zero-order valence-corrected chi connectivity index (χ0v) is 16.0. The molecule has 0 saturated carbocycles. The smallest absolute Gasteiger partial charge is 0.408 e. The molecule has 0 heterocycles. The molecule has 25 heavy (non-hydrogen) atoms. The SMILES string of the molecule is C#CCOC(=O)NC(CCCC)C(=O)OCCCCCCCCCC. The average Bonchev–Trinajstić information content (AvgIpc) is 2.61. The molecule has 1 N–H and O–H groups in total. The van der Waals surface area contributed by atoms with Crippen molar-refractivity contribution in [2.75, 3.05) is 13.2 Å². The molecule has 1 atom stereocenters. The van der Waals surface area contributed by atoms with Crippen LogP contribution in [0.3, 0.4) is 0 Å². The van der Waals surface area contributed by atoms with E-state index in [0.717, 1.165) is 25.7 Å². The number of rotatable bonds is 15. The zero-order valence-electron chi connectivity index (χ0n) is 16.0. The first-order valence-electron chi connectivity index (χ1n) is 9.69. The highest BCUT2D eigenvalue weighted by Crippen LogP contribution is 2.09. The van der Waals surface area contributed by atoms with Gasteiger partial charge in [-0.2, -0.15) is 0 Å². The number of carbonyl (C=O) groups excluding carboxylic acids is 2. The summed E-state index contributed by atoms with van der Waals surface area (Å²) in [7, 11) is 0. The van der Waals surface area contributed by atoms with Crippen LogP contribution in [0, 0.1) is 12.3 Å². The van der Waals surface area contributed by atoms with Crippen LogP contribution in [0.1, 0.15) is 84.5 Å². The van der Waals surface area contributed by atoms with Crippen molar-refractivity contribution in [2.24, 2.45) is 0 Å². The highest BCUT2D eigenvalue weighted by atomic mass is 16.6. The van der Waals surface area contributed by atoms with Crippen LogP contribution in [0.15, 0.2) is 0 Å². The van der Waals surface area contributed by atoms with Crippen LogP contribution in [0.5, 0.6) is 0 Å². The normalized spacial score (nSPS) is 11.4. The molecule has 0 bridgehead atoms. The van der Waals surface area contributed by atoms with Gasteiger partial charge in [-0.1, -0.05) is 77.6 Å². The van der Waals surface area contributed by atoms with E-state index < -0.39 is 18.1 Å². The first-order valence-corrected chi connectivity index (χ1v) is 9.69. The van der Waals surface area contributed by atoms with Crippen molar-refractivity contribution in [2.45, 2.75) is 90.5 Å². The number of unbranched alkanes of at least 4 members (excludes halogenated alkanes) is 8. The standard InChI is InChI=1S/C20H35NO4/c1-4-7-9-10-11-12-13-14-17-24-19(22)18(15-8-5-2)21-20(23)25-16-6-3/h3,18H,4-5,7-17H2,1-2H3,(H,21,23). The first-order chi connectivity index (χ1) is 12.2. The van der Waals surface area contributed by atoms with Gasteiger partial charge >= 0.3 is 12.1 Å². The van der Waals surface area contributed by atoms with Crippen molar-refractivity contribution >= 4 is 12.1 Å². The van der Waals surface area contributed by atoms with Gasteiger partial charge in [-0.25, -0.2) is 9.59 Å². The maximum atomic E-state index is 12.1. The molecule has 0 rings (SSSR count). The molecule has 0 aromatic heterocycles. The lowest BCUT2D eigenvalue weighted by atomic mass is 10.1. The third-order valence-electron chi connectivity index (χ3n) is 3.95. The summed E-state index contributed by atoms with van der Waals surface area (Å²) in [4.78, 5) is 23.7. The van der Waals surface area contributed by atoms with Gasteiger partial charge in [-0.3, -0.25) is 0 Å². The second kappa shape index (κ2) is 17.1. The van der Waals surface area contributed by atoms with Crippen molar-refractivity contribution < 1.29 is 19.1 Å². The molecular formula is C20H35NO4. The molecule has 1 unspecified atom stereocenters. The Kier molecular flexibility index (Phi) is 16.0. The topological polar surface area (TPSA) is 64.6 Å². The summed E-state index contributed by atoms with van der Waals surface area (Å²) in [5.74, 6) is 1.82. The van der Waals surface area contributed by atoms with Crippen LogP contribution in [0.25, 0.3) is 0 Å². The lowest BCUT2D eigenvalue weighted by Crippen LogP contribution is -2.42. The fourth-order valence-corrected chi connectivity index (χ4v) is 2.46. The third kappa shape index (κ3) is 14.4. The molecule has 0 radical (unpaired) electrons. The number of alkyl carbamates (subject to hydrolysis) is 1. The van der Waals surface area contributed by atoms with Crippen LogP contribution in [0.4, 0.5) is 4.79 Å². The molecule has 0 aromatic rings. The monoisotopic (exact) mass is 353 g/mol. The van der Waals surface area contributed by atoms with E-state index in [2.05, 4.69) is 18.2 Å². The molecule has 0 spiro atoms. The number of carbonyl (C=O) groups is 2. The number of esters is 1. The Balaban J connectivity index is 3.93. The Labute approximate surface area is 153 Å². The molecule has 0 aliphatic rings. The van der Waals surface area contributed by atoms with E-state index in [-0.39, 0.29) is 6.61 Å².